The van der Waals surface area contributed by atoms with E-state index in [1.54, 1.807) is 18.2 Å². The Labute approximate surface area is 133 Å². The first-order valence-electron chi connectivity index (χ1n) is 6.78. The standard InChI is InChI=1S/C15H11F2N3O4/c16-15(17)24-14-4-2-1-3-10(14)11-7-20(19-18-11)6-9-5-12(21)13(22)8-23-9/h1-5,7-8,15,22H,6H2. The third-order valence-electron chi connectivity index (χ3n) is 3.10. The van der Waals surface area contributed by atoms with Gasteiger partial charge >= 0.3 is 6.61 Å². The first kappa shape index (κ1) is 15.7. The summed E-state index contributed by atoms with van der Waals surface area (Å²) < 4.78 is 35.8. The summed E-state index contributed by atoms with van der Waals surface area (Å²) in [6.07, 6.45) is 2.43. The molecule has 2 heterocycles. The molecule has 0 saturated carbocycles. The van der Waals surface area contributed by atoms with Gasteiger partial charge in [0.1, 0.15) is 30.0 Å². The largest absolute Gasteiger partial charge is 0.502 e. The molecule has 9 heteroatoms. The minimum absolute atomic E-state index is 0.0179. The van der Waals surface area contributed by atoms with Gasteiger partial charge in [0.2, 0.25) is 5.43 Å². The van der Waals surface area contributed by atoms with Gasteiger partial charge in [-0.05, 0) is 12.1 Å². The Morgan fingerprint density at radius 3 is 2.88 bits per heavy atom. The molecule has 0 spiro atoms. The van der Waals surface area contributed by atoms with E-state index < -0.39 is 17.8 Å². The molecular weight excluding hydrogens is 324 g/mol. The van der Waals surface area contributed by atoms with Crippen LogP contribution < -0.4 is 10.2 Å². The Balaban J connectivity index is 1.86. The summed E-state index contributed by atoms with van der Waals surface area (Å²) in [6.45, 7) is -2.87. The van der Waals surface area contributed by atoms with E-state index >= 15 is 0 Å². The lowest BCUT2D eigenvalue weighted by Crippen LogP contribution is -2.05. The number of benzene rings is 1. The van der Waals surface area contributed by atoms with E-state index in [1.807, 2.05) is 0 Å². The summed E-state index contributed by atoms with van der Waals surface area (Å²) in [7, 11) is 0. The number of ether oxygens (including phenoxy) is 1. The number of hydrogen-bond acceptors (Lipinski definition) is 6. The van der Waals surface area contributed by atoms with E-state index in [0.717, 1.165) is 12.3 Å². The third-order valence-corrected chi connectivity index (χ3v) is 3.10. The van der Waals surface area contributed by atoms with E-state index in [1.165, 1.54) is 16.9 Å². The molecule has 1 aromatic carbocycles. The Bertz CT molecular complexity index is 907. The van der Waals surface area contributed by atoms with Crippen molar-refractivity contribution in [1.29, 1.82) is 0 Å². The molecule has 0 bridgehead atoms. The quantitative estimate of drug-likeness (QED) is 0.769. The van der Waals surface area contributed by atoms with Crippen molar-refractivity contribution >= 4 is 0 Å². The molecule has 0 atom stereocenters. The molecule has 7 nitrogen and oxygen atoms in total. The summed E-state index contributed by atoms with van der Waals surface area (Å²) in [4.78, 5) is 11.4. The third kappa shape index (κ3) is 3.40. The number of alkyl halides is 2. The van der Waals surface area contributed by atoms with Crippen molar-refractivity contribution < 1.29 is 23.0 Å². The van der Waals surface area contributed by atoms with Crippen molar-refractivity contribution in [2.75, 3.05) is 0 Å². The molecule has 1 N–H and O–H groups in total. The average Bonchev–Trinajstić information content (AvgIpc) is 2.99. The van der Waals surface area contributed by atoms with Gasteiger partial charge in [-0.3, -0.25) is 4.79 Å². The number of para-hydroxylation sites is 1. The van der Waals surface area contributed by atoms with Gasteiger partial charge in [-0.1, -0.05) is 17.3 Å². The number of aromatic nitrogens is 3. The number of aromatic hydroxyl groups is 1. The monoisotopic (exact) mass is 335 g/mol. The van der Waals surface area contributed by atoms with Gasteiger partial charge < -0.3 is 14.3 Å². The lowest BCUT2D eigenvalue weighted by atomic mass is 10.1. The second-order valence-electron chi connectivity index (χ2n) is 4.77. The summed E-state index contributed by atoms with van der Waals surface area (Å²) in [5.74, 6) is -0.252. The van der Waals surface area contributed by atoms with Crippen LogP contribution in [-0.4, -0.2) is 26.7 Å². The Morgan fingerprint density at radius 2 is 2.12 bits per heavy atom. The molecule has 0 aliphatic carbocycles. The van der Waals surface area contributed by atoms with Crippen LogP contribution in [0.5, 0.6) is 11.5 Å². The fraction of sp³-hybridized carbons (Fsp3) is 0.133. The molecule has 0 fully saturated rings. The topological polar surface area (TPSA) is 90.4 Å². The van der Waals surface area contributed by atoms with Gasteiger partial charge in [-0.15, -0.1) is 5.10 Å². The molecular formula is C15H11F2N3O4. The zero-order valence-electron chi connectivity index (χ0n) is 12.1. The predicted molar refractivity (Wildman–Crippen MR) is 77.8 cm³/mol. The summed E-state index contributed by atoms with van der Waals surface area (Å²) in [5, 5.41) is 16.9. The highest BCUT2D eigenvalue weighted by molar-refractivity contribution is 5.66. The zero-order valence-corrected chi connectivity index (χ0v) is 12.1. The van der Waals surface area contributed by atoms with Gasteiger partial charge in [0.25, 0.3) is 0 Å². The molecule has 124 valence electrons. The van der Waals surface area contributed by atoms with Gasteiger partial charge in [-0.25, -0.2) is 4.68 Å². The van der Waals surface area contributed by atoms with Crippen LogP contribution in [0.25, 0.3) is 11.3 Å². The number of halogens is 2. The van der Waals surface area contributed by atoms with E-state index in [2.05, 4.69) is 15.0 Å². The lowest BCUT2D eigenvalue weighted by molar-refractivity contribution is -0.0494. The smallest absolute Gasteiger partial charge is 0.387 e. The number of rotatable bonds is 5. The molecule has 2 aromatic heterocycles. The summed E-state index contributed by atoms with van der Waals surface area (Å²) in [5.41, 5.74) is 0.107. The van der Waals surface area contributed by atoms with Crippen molar-refractivity contribution in [2.45, 2.75) is 13.2 Å². The van der Waals surface area contributed by atoms with E-state index in [4.69, 9.17) is 9.52 Å². The second-order valence-corrected chi connectivity index (χ2v) is 4.77. The van der Waals surface area contributed by atoms with Gasteiger partial charge in [0, 0.05) is 11.6 Å². The maximum absolute atomic E-state index is 12.5. The average molecular weight is 335 g/mol. The van der Waals surface area contributed by atoms with Crippen LogP contribution >= 0.6 is 0 Å². The first-order chi connectivity index (χ1) is 11.5. The maximum atomic E-state index is 12.5. The highest BCUT2D eigenvalue weighted by Gasteiger charge is 2.14. The molecule has 0 radical (unpaired) electrons. The number of nitrogens with zero attached hydrogens (tertiary/aromatic N) is 3. The van der Waals surface area contributed by atoms with Crippen molar-refractivity contribution in [1.82, 2.24) is 15.0 Å². The molecule has 3 rings (SSSR count). The molecule has 0 unspecified atom stereocenters. The van der Waals surface area contributed by atoms with Crippen LogP contribution in [-0.2, 0) is 6.54 Å². The summed E-state index contributed by atoms with van der Waals surface area (Å²) in [6, 6.07) is 7.33. The zero-order chi connectivity index (χ0) is 17.1. The maximum Gasteiger partial charge on any atom is 0.387 e. The molecule has 0 aliphatic heterocycles. The van der Waals surface area contributed by atoms with Crippen molar-refractivity contribution in [2.24, 2.45) is 0 Å². The van der Waals surface area contributed by atoms with Crippen LogP contribution in [0.2, 0.25) is 0 Å². The van der Waals surface area contributed by atoms with Crippen molar-refractivity contribution in [3.05, 3.63) is 58.8 Å². The molecule has 3 aromatic rings. The summed E-state index contributed by atoms with van der Waals surface area (Å²) >= 11 is 0. The van der Waals surface area contributed by atoms with E-state index in [9.17, 15) is 13.6 Å². The molecule has 0 aliphatic rings. The highest BCUT2D eigenvalue weighted by Crippen LogP contribution is 2.29. The van der Waals surface area contributed by atoms with Crippen LogP contribution in [0.15, 0.2) is 52.0 Å². The molecule has 0 amide bonds. The predicted octanol–water partition coefficient (Wildman–Crippen LogP) is 2.25. The molecule has 0 saturated heterocycles. The van der Waals surface area contributed by atoms with E-state index in [0.29, 0.717) is 11.3 Å². The van der Waals surface area contributed by atoms with Crippen molar-refractivity contribution in [3.8, 4) is 22.8 Å². The van der Waals surface area contributed by atoms with Crippen LogP contribution in [0.1, 0.15) is 5.76 Å². The second kappa shape index (κ2) is 6.49. The van der Waals surface area contributed by atoms with Crippen molar-refractivity contribution in [3.63, 3.8) is 0 Å². The first-order valence-corrected chi connectivity index (χ1v) is 6.78. The lowest BCUT2D eigenvalue weighted by Gasteiger charge is -2.07. The Kier molecular flexibility index (Phi) is 4.23. The SMILES string of the molecule is O=c1cc(Cn2cc(-c3ccccc3OC(F)F)nn2)occ1O. The van der Waals surface area contributed by atoms with E-state index in [-0.39, 0.29) is 18.1 Å². The minimum Gasteiger partial charge on any atom is -0.502 e. The van der Waals surface area contributed by atoms with Gasteiger partial charge in [-0.2, -0.15) is 8.78 Å². The van der Waals surface area contributed by atoms with Crippen LogP contribution in [0.4, 0.5) is 8.78 Å². The normalized spacial score (nSPS) is 11.0. The molecule has 24 heavy (non-hydrogen) atoms. The minimum atomic E-state index is -2.95. The Morgan fingerprint density at radius 1 is 1.33 bits per heavy atom. The van der Waals surface area contributed by atoms with Crippen LogP contribution in [0, 0.1) is 0 Å². The van der Waals surface area contributed by atoms with Gasteiger partial charge in [0.15, 0.2) is 5.75 Å². The fourth-order valence-electron chi connectivity index (χ4n) is 2.06. The fourth-order valence-corrected chi connectivity index (χ4v) is 2.06. The number of hydrogen-bond donors (Lipinski definition) is 1. The van der Waals surface area contributed by atoms with Crippen LogP contribution in [0.3, 0.4) is 0 Å². The highest BCUT2D eigenvalue weighted by atomic mass is 19.3. The van der Waals surface area contributed by atoms with Gasteiger partial charge in [0.05, 0.1) is 6.20 Å². The Hall–Kier alpha value is -3.23.